The Morgan fingerprint density at radius 1 is 0.829 bits per heavy atom. The molecule has 4 nitrogen and oxygen atoms in total. The fraction of sp³-hybridized carbons (Fsp3) is 0.143. The SMILES string of the molecule is Cc1ccc(N=C2S/C(=C\c3cn(Cc4ccc(F)cc4)c4ccccc34)C(=O)N2c2ccc(C)c(C)c2)cc1C. The summed E-state index contributed by atoms with van der Waals surface area (Å²) >= 11 is 1.39. The molecule has 1 amide bonds. The number of fused-ring (bicyclic) bond motifs is 1. The van der Waals surface area contributed by atoms with Crippen LogP contribution in [0.4, 0.5) is 15.8 Å². The van der Waals surface area contributed by atoms with E-state index >= 15 is 0 Å². The maximum absolute atomic E-state index is 14.0. The third-order valence-corrected chi connectivity index (χ3v) is 8.61. The predicted molar refractivity (Wildman–Crippen MR) is 169 cm³/mol. The van der Waals surface area contributed by atoms with Gasteiger partial charge < -0.3 is 4.57 Å². The highest BCUT2D eigenvalue weighted by molar-refractivity contribution is 8.19. The number of aryl methyl sites for hydroxylation is 4. The Kier molecular flexibility index (Phi) is 7.10. The van der Waals surface area contributed by atoms with Gasteiger partial charge in [0.25, 0.3) is 5.91 Å². The first kappa shape index (κ1) is 26.8. The highest BCUT2D eigenvalue weighted by Crippen LogP contribution is 2.39. The molecule has 2 heterocycles. The second-order valence-electron chi connectivity index (χ2n) is 10.5. The highest BCUT2D eigenvalue weighted by Gasteiger charge is 2.35. The number of thioether (sulfide) groups is 1. The normalized spacial score (nSPS) is 15.5. The molecule has 0 spiro atoms. The molecule has 0 aliphatic carbocycles. The summed E-state index contributed by atoms with van der Waals surface area (Å²) in [7, 11) is 0. The minimum atomic E-state index is -0.250. The van der Waals surface area contributed by atoms with Crippen molar-refractivity contribution < 1.29 is 9.18 Å². The molecular weight excluding hydrogens is 529 g/mol. The van der Waals surface area contributed by atoms with E-state index < -0.39 is 0 Å². The number of nitrogens with zero attached hydrogens (tertiary/aromatic N) is 3. The first-order valence-electron chi connectivity index (χ1n) is 13.6. The van der Waals surface area contributed by atoms with Crippen LogP contribution in [0.2, 0.25) is 0 Å². The van der Waals surface area contributed by atoms with Crippen molar-refractivity contribution in [3.05, 3.63) is 135 Å². The number of carbonyl (C=O) groups is 1. The van der Waals surface area contributed by atoms with E-state index in [4.69, 9.17) is 4.99 Å². The molecule has 204 valence electrons. The monoisotopic (exact) mass is 559 g/mol. The van der Waals surface area contributed by atoms with Crippen molar-refractivity contribution in [1.29, 1.82) is 0 Å². The van der Waals surface area contributed by atoms with Gasteiger partial charge in [0.1, 0.15) is 5.82 Å². The number of benzene rings is 4. The molecule has 1 aliphatic rings. The van der Waals surface area contributed by atoms with E-state index in [1.807, 2.05) is 42.5 Å². The topological polar surface area (TPSA) is 37.6 Å². The zero-order chi connectivity index (χ0) is 28.7. The molecule has 0 unspecified atom stereocenters. The third-order valence-electron chi connectivity index (χ3n) is 7.64. The summed E-state index contributed by atoms with van der Waals surface area (Å²) in [5.74, 6) is -0.351. The van der Waals surface area contributed by atoms with E-state index in [1.54, 1.807) is 17.0 Å². The van der Waals surface area contributed by atoms with Crippen molar-refractivity contribution >= 4 is 51.2 Å². The average molecular weight is 560 g/mol. The number of para-hydroxylation sites is 1. The number of hydrogen-bond acceptors (Lipinski definition) is 3. The Morgan fingerprint density at radius 2 is 1.54 bits per heavy atom. The molecule has 1 aliphatic heterocycles. The van der Waals surface area contributed by atoms with Crippen molar-refractivity contribution in [3.8, 4) is 0 Å². The van der Waals surface area contributed by atoms with Crippen molar-refractivity contribution in [1.82, 2.24) is 4.57 Å². The summed E-state index contributed by atoms with van der Waals surface area (Å²) in [6.07, 6.45) is 4.03. The smallest absolute Gasteiger partial charge is 0.271 e. The number of halogens is 1. The minimum Gasteiger partial charge on any atom is -0.342 e. The van der Waals surface area contributed by atoms with Crippen molar-refractivity contribution in [2.75, 3.05) is 4.90 Å². The quantitative estimate of drug-likeness (QED) is 0.202. The lowest BCUT2D eigenvalue weighted by atomic mass is 10.1. The van der Waals surface area contributed by atoms with Crippen LogP contribution in [0.3, 0.4) is 0 Å². The van der Waals surface area contributed by atoms with Crippen LogP contribution < -0.4 is 4.90 Å². The van der Waals surface area contributed by atoms with E-state index in [9.17, 15) is 9.18 Å². The predicted octanol–water partition coefficient (Wildman–Crippen LogP) is 8.87. The minimum absolute atomic E-state index is 0.101. The summed E-state index contributed by atoms with van der Waals surface area (Å²) in [4.78, 5) is 21.3. The van der Waals surface area contributed by atoms with E-state index in [0.29, 0.717) is 16.6 Å². The number of aliphatic imine (C=N–C) groups is 1. The molecule has 1 aromatic heterocycles. The van der Waals surface area contributed by atoms with Crippen LogP contribution >= 0.6 is 11.8 Å². The number of carbonyl (C=O) groups excluding carboxylic acids is 1. The van der Waals surface area contributed by atoms with E-state index in [-0.39, 0.29) is 11.7 Å². The molecule has 41 heavy (non-hydrogen) atoms. The van der Waals surface area contributed by atoms with Gasteiger partial charge in [-0.3, -0.25) is 9.69 Å². The first-order valence-corrected chi connectivity index (χ1v) is 14.4. The number of aromatic nitrogens is 1. The Labute approximate surface area is 243 Å². The average Bonchev–Trinajstić information content (AvgIpc) is 3.45. The lowest BCUT2D eigenvalue weighted by Crippen LogP contribution is -2.28. The summed E-state index contributed by atoms with van der Waals surface area (Å²) in [5, 5.41) is 1.68. The van der Waals surface area contributed by atoms with Crippen LogP contribution in [-0.2, 0) is 11.3 Å². The largest absolute Gasteiger partial charge is 0.342 e. The van der Waals surface area contributed by atoms with Crippen LogP contribution in [0.15, 0.2) is 101 Å². The molecule has 1 fully saturated rings. The van der Waals surface area contributed by atoms with Gasteiger partial charge in [0.05, 0.1) is 16.3 Å². The molecule has 1 saturated heterocycles. The standard InChI is InChI=1S/C35H30FN3OS/c1-22-9-15-29(17-24(22)3)37-35-39(30-16-10-23(2)25(4)18-30)34(40)33(41-35)19-27-21-38(32-8-6-5-7-31(27)32)20-26-11-13-28(36)14-12-26/h5-19,21H,20H2,1-4H3/b33-19-,37-35?. The fourth-order valence-electron chi connectivity index (χ4n) is 5.00. The van der Waals surface area contributed by atoms with Gasteiger partial charge in [-0.25, -0.2) is 9.38 Å². The van der Waals surface area contributed by atoms with Gasteiger partial charge >= 0.3 is 0 Å². The number of amidine groups is 1. The lowest BCUT2D eigenvalue weighted by molar-refractivity contribution is -0.113. The van der Waals surface area contributed by atoms with Crippen LogP contribution in [-0.4, -0.2) is 15.6 Å². The summed E-state index contributed by atoms with van der Waals surface area (Å²) in [5.41, 5.74) is 9.26. The summed E-state index contributed by atoms with van der Waals surface area (Å²) < 4.78 is 15.6. The Hall–Kier alpha value is -4.42. The van der Waals surface area contributed by atoms with Gasteiger partial charge in [-0.05, 0) is 116 Å². The zero-order valence-electron chi connectivity index (χ0n) is 23.5. The van der Waals surface area contributed by atoms with Crippen LogP contribution in [0.5, 0.6) is 0 Å². The first-order chi connectivity index (χ1) is 19.8. The number of amides is 1. The molecular formula is C35H30FN3OS. The van der Waals surface area contributed by atoms with E-state index in [2.05, 4.69) is 62.7 Å². The van der Waals surface area contributed by atoms with E-state index in [0.717, 1.165) is 44.5 Å². The molecule has 5 aromatic rings. The van der Waals surface area contributed by atoms with Crippen LogP contribution in [0.1, 0.15) is 33.4 Å². The van der Waals surface area contributed by atoms with Gasteiger partial charge in [-0.2, -0.15) is 0 Å². The second-order valence-corrected chi connectivity index (χ2v) is 11.5. The van der Waals surface area contributed by atoms with Gasteiger partial charge in [0.15, 0.2) is 5.17 Å². The zero-order valence-corrected chi connectivity index (χ0v) is 24.3. The molecule has 4 aromatic carbocycles. The fourth-order valence-corrected chi connectivity index (χ4v) is 5.99. The van der Waals surface area contributed by atoms with Crippen molar-refractivity contribution in [3.63, 3.8) is 0 Å². The summed E-state index contributed by atoms with van der Waals surface area (Å²) in [6, 6.07) is 26.9. The van der Waals surface area contributed by atoms with Crippen LogP contribution in [0, 0.1) is 33.5 Å². The van der Waals surface area contributed by atoms with Gasteiger partial charge in [0, 0.05) is 29.2 Å². The molecule has 0 bridgehead atoms. The maximum atomic E-state index is 14.0. The summed E-state index contributed by atoms with van der Waals surface area (Å²) in [6.45, 7) is 8.87. The van der Waals surface area contributed by atoms with E-state index in [1.165, 1.54) is 35.0 Å². The third kappa shape index (κ3) is 5.35. The van der Waals surface area contributed by atoms with Gasteiger partial charge in [-0.1, -0.05) is 42.5 Å². The van der Waals surface area contributed by atoms with Crippen molar-refractivity contribution in [2.45, 2.75) is 34.2 Å². The molecule has 6 rings (SSSR count). The Bertz CT molecular complexity index is 1870. The maximum Gasteiger partial charge on any atom is 0.271 e. The molecule has 0 saturated carbocycles. The molecule has 6 heteroatoms. The number of hydrogen-bond donors (Lipinski definition) is 0. The number of rotatable bonds is 5. The van der Waals surface area contributed by atoms with Gasteiger partial charge in [0.2, 0.25) is 0 Å². The Balaban J connectivity index is 1.43. The molecule has 0 atom stereocenters. The molecule has 0 N–H and O–H groups in total. The highest BCUT2D eigenvalue weighted by atomic mass is 32.2. The second kappa shape index (κ2) is 10.9. The Morgan fingerprint density at radius 3 is 2.27 bits per heavy atom. The molecule has 0 radical (unpaired) electrons. The van der Waals surface area contributed by atoms with Gasteiger partial charge in [-0.15, -0.1) is 0 Å². The van der Waals surface area contributed by atoms with Crippen LogP contribution in [0.25, 0.3) is 17.0 Å². The number of anilines is 1. The van der Waals surface area contributed by atoms with Crippen molar-refractivity contribution in [2.24, 2.45) is 4.99 Å². The lowest BCUT2D eigenvalue weighted by Gasteiger charge is -2.17.